The van der Waals surface area contributed by atoms with Crippen molar-refractivity contribution in [1.29, 1.82) is 0 Å². The molecule has 132 valence electrons. The van der Waals surface area contributed by atoms with Crippen LogP contribution in [0.3, 0.4) is 0 Å². The molecule has 0 aromatic heterocycles. The van der Waals surface area contributed by atoms with E-state index in [9.17, 15) is 4.79 Å². The number of nitrogens with zero attached hydrogens (tertiary/aromatic N) is 1. The normalized spacial score (nSPS) is 20.0. The van der Waals surface area contributed by atoms with Crippen molar-refractivity contribution in [2.24, 2.45) is 4.99 Å². The van der Waals surface area contributed by atoms with Gasteiger partial charge < -0.3 is 14.8 Å². The van der Waals surface area contributed by atoms with Crippen molar-refractivity contribution in [2.75, 3.05) is 6.61 Å². The summed E-state index contributed by atoms with van der Waals surface area (Å²) in [6.45, 7) is 9.93. The maximum atomic E-state index is 11.6. The second kappa shape index (κ2) is 7.79. The fourth-order valence-corrected chi connectivity index (χ4v) is 2.82. The van der Waals surface area contributed by atoms with Crippen LogP contribution in [0.4, 0.5) is 0 Å². The zero-order valence-electron chi connectivity index (χ0n) is 15.2. The summed E-state index contributed by atoms with van der Waals surface area (Å²) in [6.07, 6.45) is 0.592. The highest BCUT2D eigenvalue weighted by Gasteiger charge is 2.33. The Morgan fingerprint density at radius 3 is 2.62 bits per heavy atom. The first kappa shape index (κ1) is 18.5. The average molecular weight is 332 g/mol. The molecule has 1 aromatic rings. The Balaban J connectivity index is 2.08. The third-order valence-corrected chi connectivity index (χ3v) is 3.68. The minimum atomic E-state index is -0.373. The lowest BCUT2D eigenvalue weighted by Gasteiger charge is -2.30. The lowest BCUT2D eigenvalue weighted by molar-refractivity contribution is -0.121. The van der Waals surface area contributed by atoms with Gasteiger partial charge in [-0.3, -0.25) is 4.79 Å². The van der Waals surface area contributed by atoms with E-state index in [4.69, 9.17) is 9.47 Å². The second-order valence-corrected chi connectivity index (χ2v) is 7.24. The topological polar surface area (TPSA) is 59.9 Å². The molecule has 0 fully saturated rings. The van der Waals surface area contributed by atoms with Crippen molar-refractivity contribution < 1.29 is 14.3 Å². The van der Waals surface area contributed by atoms with Crippen LogP contribution in [0.15, 0.2) is 35.3 Å². The van der Waals surface area contributed by atoms with Gasteiger partial charge in [-0.2, -0.15) is 0 Å². The SMILES string of the molecule is CC(=O)N[C@H](C1=NC(Cc2ccccc2)CO1)[C@H](C)OC(C)(C)C. The minimum absolute atomic E-state index is 0.0699. The van der Waals surface area contributed by atoms with Crippen LogP contribution >= 0.6 is 0 Å². The Bertz CT molecular complexity index is 578. The van der Waals surface area contributed by atoms with Crippen LogP contribution in [-0.4, -0.2) is 42.2 Å². The number of carbonyl (C=O) groups excluding carboxylic acids is 1. The molecule has 3 atom stereocenters. The van der Waals surface area contributed by atoms with E-state index in [0.29, 0.717) is 12.5 Å². The van der Waals surface area contributed by atoms with E-state index in [0.717, 1.165) is 6.42 Å². The van der Waals surface area contributed by atoms with Crippen LogP contribution in [0.5, 0.6) is 0 Å². The van der Waals surface area contributed by atoms with E-state index in [1.807, 2.05) is 45.9 Å². The van der Waals surface area contributed by atoms with Gasteiger partial charge in [0.1, 0.15) is 12.6 Å². The summed E-state index contributed by atoms with van der Waals surface area (Å²) in [5, 5.41) is 2.91. The number of nitrogens with one attached hydrogen (secondary N) is 1. The van der Waals surface area contributed by atoms with Gasteiger partial charge in [-0.25, -0.2) is 4.99 Å². The van der Waals surface area contributed by atoms with Gasteiger partial charge in [0.15, 0.2) is 0 Å². The molecule has 2 rings (SSSR count). The largest absolute Gasteiger partial charge is 0.477 e. The first-order valence-corrected chi connectivity index (χ1v) is 8.44. The maximum Gasteiger partial charge on any atom is 0.217 e. The molecule has 5 nitrogen and oxygen atoms in total. The van der Waals surface area contributed by atoms with Crippen LogP contribution in [0.25, 0.3) is 0 Å². The highest BCUT2D eigenvalue weighted by atomic mass is 16.5. The number of benzene rings is 1. The van der Waals surface area contributed by atoms with Crippen LogP contribution in [0.2, 0.25) is 0 Å². The van der Waals surface area contributed by atoms with Crippen molar-refractivity contribution >= 4 is 11.8 Å². The molecule has 1 unspecified atom stereocenters. The van der Waals surface area contributed by atoms with E-state index < -0.39 is 0 Å². The molecule has 1 aliphatic heterocycles. The number of amides is 1. The van der Waals surface area contributed by atoms with Gasteiger partial charge in [-0.1, -0.05) is 30.3 Å². The minimum Gasteiger partial charge on any atom is -0.477 e. The summed E-state index contributed by atoms with van der Waals surface area (Å²) in [5.41, 5.74) is 0.921. The Labute approximate surface area is 144 Å². The molecule has 5 heteroatoms. The standard InChI is InChI=1S/C19H28N2O3/c1-13(24-19(3,4)5)17(20-14(2)22)18-21-16(12-23-18)11-15-9-7-6-8-10-15/h6-10,13,16-17H,11-12H2,1-5H3,(H,20,22)/t13-,16?,17-/m0/s1. The van der Waals surface area contributed by atoms with Crippen LogP contribution in [0.1, 0.15) is 40.2 Å². The Morgan fingerprint density at radius 2 is 2.04 bits per heavy atom. The van der Waals surface area contributed by atoms with Gasteiger partial charge in [-0.05, 0) is 39.7 Å². The van der Waals surface area contributed by atoms with Crippen molar-refractivity contribution in [3.8, 4) is 0 Å². The van der Waals surface area contributed by atoms with E-state index in [1.165, 1.54) is 12.5 Å². The summed E-state index contributed by atoms with van der Waals surface area (Å²) in [6, 6.07) is 9.92. The predicted octanol–water partition coefficient (Wildman–Crippen LogP) is 2.73. The second-order valence-electron chi connectivity index (χ2n) is 7.24. The lowest BCUT2D eigenvalue weighted by atomic mass is 10.1. The molecule has 1 aromatic carbocycles. The summed E-state index contributed by atoms with van der Waals surface area (Å²) >= 11 is 0. The molecular formula is C19H28N2O3. The first-order chi connectivity index (χ1) is 11.2. The average Bonchev–Trinajstić information content (AvgIpc) is 2.92. The van der Waals surface area contributed by atoms with E-state index in [-0.39, 0.29) is 29.7 Å². The van der Waals surface area contributed by atoms with Gasteiger partial charge in [0, 0.05) is 6.92 Å². The molecule has 0 bridgehead atoms. The number of rotatable bonds is 6. The molecule has 0 saturated carbocycles. The summed E-state index contributed by atoms with van der Waals surface area (Å²) in [5.74, 6) is 0.435. The lowest BCUT2D eigenvalue weighted by Crippen LogP contribution is -2.50. The van der Waals surface area contributed by atoms with Crippen molar-refractivity contribution in [3.63, 3.8) is 0 Å². The Hall–Kier alpha value is -1.88. The molecule has 1 N–H and O–H groups in total. The van der Waals surface area contributed by atoms with Gasteiger partial charge in [0.2, 0.25) is 11.8 Å². The molecule has 24 heavy (non-hydrogen) atoms. The fraction of sp³-hybridized carbons (Fsp3) is 0.579. The van der Waals surface area contributed by atoms with Gasteiger partial charge in [-0.15, -0.1) is 0 Å². The monoisotopic (exact) mass is 332 g/mol. The molecule has 1 heterocycles. The fourth-order valence-electron chi connectivity index (χ4n) is 2.82. The predicted molar refractivity (Wildman–Crippen MR) is 95.2 cm³/mol. The number of hydrogen-bond acceptors (Lipinski definition) is 4. The zero-order chi connectivity index (χ0) is 17.7. The molecule has 1 amide bonds. The molecule has 0 saturated heterocycles. The third-order valence-electron chi connectivity index (χ3n) is 3.68. The van der Waals surface area contributed by atoms with Gasteiger partial charge in [0.05, 0.1) is 17.7 Å². The summed E-state index contributed by atoms with van der Waals surface area (Å²) in [7, 11) is 0. The highest BCUT2D eigenvalue weighted by molar-refractivity contribution is 5.88. The van der Waals surface area contributed by atoms with Crippen LogP contribution in [0, 0.1) is 0 Å². The van der Waals surface area contributed by atoms with Gasteiger partial charge in [0.25, 0.3) is 0 Å². The van der Waals surface area contributed by atoms with Gasteiger partial charge >= 0.3 is 0 Å². The zero-order valence-corrected chi connectivity index (χ0v) is 15.2. The number of hydrogen-bond donors (Lipinski definition) is 1. The highest BCUT2D eigenvalue weighted by Crippen LogP contribution is 2.18. The maximum absolute atomic E-state index is 11.6. The van der Waals surface area contributed by atoms with Crippen LogP contribution in [-0.2, 0) is 20.7 Å². The number of carbonyl (C=O) groups is 1. The molecule has 0 aliphatic carbocycles. The Kier molecular flexibility index (Phi) is 5.99. The van der Waals surface area contributed by atoms with Crippen molar-refractivity contribution in [1.82, 2.24) is 5.32 Å². The van der Waals surface area contributed by atoms with Crippen molar-refractivity contribution in [3.05, 3.63) is 35.9 Å². The van der Waals surface area contributed by atoms with E-state index >= 15 is 0 Å². The van der Waals surface area contributed by atoms with Crippen molar-refractivity contribution in [2.45, 2.75) is 64.8 Å². The first-order valence-electron chi connectivity index (χ1n) is 8.44. The van der Waals surface area contributed by atoms with E-state index in [1.54, 1.807) is 0 Å². The number of ether oxygens (including phenoxy) is 2. The van der Waals surface area contributed by atoms with Crippen LogP contribution < -0.4 is 5.32 Å². The molecule has 0 radical (unpaired) electrons. The molecule has 1 aliphatic rings. The quantitative estimate of drug-likeness (QED) is 0.871. The van der Waals surface area contributed by atoms with E-state index in [2.05, 4.69) is 22.4 Å². The molecule has 0 spiro atoms. The summed E-state index contributed by atoms with van der Waals surface area (Å²) in [4.78, 5) is 16.3. The molecular weight excluding hydrogens is 304 g/mol. The number of aliphatic imine (C=N–C) groups is 1. The smallest absolute Gasteiger partial charge is 0.217 e. The summed E-state index contributed by atoms with van der Waals surface area (Å²) < 4.78 is 11.8. The Morgan fingerprint density at radius 1 is 1.38 bits per heavy atom. The third kappa shape index (κ3) is 5.64.